The molecule has 0 heterocycles. The van der Waals surface area contributed by atoms with E-state index >= 15 is 0 Å². The van der Waals surface area contributed by atoms with Crippen molar-refractivity contribution in [3.8, 4) is 11.5 Å². The summed E-state index contributed by atoms with van der Waals surface area (Å²) in [7, 11) is -2.20. The zero-order valence-corrected chi connectivity index (χ0v) is 10.8. The third kappa shape index (κ3) is 3.54. The molecule has 0 amide bonds. The molecular formula is C10H9NO7S. The molecule has 1 rings (SSSR count). The number of methoxy groups -OCH3 is 2. The number of carbonyl (C=O) groups excluding carboxylic acids is 2. The summed E-state index contributed by atoms with van der Waals surface area (Å²) in [6.07, 6.45) is 0.833. The maximum Gasteiger partial charge on any atom is 0.439 e. The lowest BCUT2D eigenvalue weighted by atomic mass is 10.2. The SMILES string of the molecule is COC(=O)c1cccc(OC)c1OS(=O)(=O)N=C=O. The van der Waals surface area contributed by atoms with Gasteiger partial charge in [-0.1, -0.05) is 6.07 Å². The Kier molecular flexibility index (Phi) is 4.62. The first-order valence-corrected chi connectivity index (χ1v) is 6.10. The minimum Gasteiger partial charge on any atom is -0.493 e. The van der Waals surface area contributed by atoms with Gasteiger partial charge in [-0.25, -0.2) is 9.59 Å². The van der Waals surface area contributed by atoms with Crippen molar-refractivity contribution in [2.45, 2.75) is 0 Å². The molecule has 0 aromatic heterocycles. The van der Waals surface area contributed by atoms with Gasteiger partial charge in [-0.2, -0.15) is 8.42 Å². The molecule has 1 aromatic rings. The lowest BCUT2D eigenvalue weighted by Gasteiger charge is -2.11. The van der Waals surface area contributed by atoms with Crippen LogP contribution in [-0.2, 0) is 19.8 Å². The zero-order chi connectivity index (χ0) is 14.5. The van der Waals surface area contributed by atoms with Crippen LogP contribution in [0.5, 0.6) is 11.5 Å². The van der Waals surface area contributed by atoms with E-state index in [1.165, 1.54) is 25.3 Å². The highest BCUT2D eigenvalue weighted by molar-refractivity contribution is 7.85. The smallest absolute Gasteiger partial charge is 0.439 e. The molecule has 1 aromatic carbocycles. The van der Waals surface area contributed by atoms with Gasteiger partial charge in [0.2, 0.25) is 5.75 Å². The third-order valence-electron chi connectivity index (χ3n) is 1.94. The van der Waals surface area contributed by atoms with E-state index in [4.69, 9.17) is 4.74 Å². The number of isocyanates is 1. The van der Waals surface area contributed by atoms with Crippen LogP contribution in [0.25, 0.3) is 0 Å². The minimum absolute atomic E-state index is 0.0347. The molecule has 8 nitrogen and oxygen atoms in total. The Balaban J connectivity index is 3.38. The van der Waals surface area contributed by atoms with Crippen LogP contribution >= 0.6 is 0 Å². The number of esters is 1. The normalized spacial score (nSPS) is 10.2. The van der Waals surface area contributed by atoms with E-state index < -0.39 is 22.0 Å². The fraction of sp³-hybridized carbons (Fsp3) is 0.200. The fourth-order valence-electron chi connectivity index (χ4n) is 1.20. The summed E-state index contributed by atoms with van der Waals surface area (Å²) < 4.78 is 38.9. The van der Waals surface area contributed by atoms with Crippen molar-refractivity contribution in [3.63, 3.8) is 0 Å². The van der Waals surface area contributed by atoms with Crippen molar-refractivity contribution in [1.82, 2.24) is 0 Å². The molecule has 0 aliphatic rings. The van der Waals surface area contributed by atoms with Gasteiger partial charge in [-0.15, -0.1) is 0 Å². The molecule has 0 N–H and O–H groups in total. The van der Waals surface area contributed by atoms with Crippen LogP contribution in [0.3, 0.4) is 0 Å². The first-order valence-electron chi connectivity index (χ1n) is 4.74. The maximum atomic E-state index is 11.5. The van der Waals surface area contributed by atoms with Gasteiger partial charge in [0.15, 0.2) is 5.75 Å². The highest BCUT2D eigenvalue weighted by Gasteiger charge is 2.23. The molecular weight excluding hydrogens is 278 g/mol. The number of ether oxygens (including phenoxy) is 2. The zero-order valence-electron chi connectivity index (χ0n) is 9.95. The number of hydrogen-bond acceptors (Lipinski definition) is 7. The molecule has 0 bridgehead atoms. The van der Waals surface area contributed by atoms with Gasteiger partial charge in [0, 0.05) is 0 Å². The molecule has 0 radical (unpaired) electrons. The van der Waals surface area contributed by atoms with Gasteiger partial charge < -0.3 is 13.7 Å². The van der Waals surface area contributed by atoms with Crippen molar-refractivity contribution in [1.29, 1.82) is 0 Å². The van der Waals surface area contributed by atoms with E-state index in [1.54, 1.807) is 0 Å². The topological polar surface area (TPSA) is 108 Å². The van der Waals surface area contributed by atoms with Crippen molar-refractivity contribution in [2.24, 2.45) is 4.40 Å². The Hall–Kier alpha value is -2.38. The van der Waals surface area contributed by atoms with Gasteiger partial charge in [0.1, 0.15) is 5.56 Å². The van der Waals surface area contributed by atoms with E-state index in [0.29, 0.717) is 0 Å². The van der Waals surface area contributed by atoms with Gasteiger partial charge in [0.05, 0.1) is 14.2 Å². The third-order valence-corrected chi connectivity index (χ3v) is 2.62. The average Bonchev–Trinajstić information content (AvgIpc) is 2.37. The first-order chi connectivity index (χ1) is 8.95. The molecule has 0 saturated heterocycles. The summed E-state index contributed by atoms with van der Waals surface area (Å²) in [5, 5.41) is 0. The molecule has 0 aliphatic heterocycles. The average molecular weight is 287 g/mol. The summed E-state index contributed by atoms with van der Waals surface area (Å²) in [5.74, 6) is -1.29. The minimum atomic E-state index is -4.57. The largest absolute Gasteiger partial charge is 0.493 e. The van der Waals surface area contributed by atoms with Crippen molar-refractivity contribution < 1.29 is 31.7 Å². The number of benzene rings is 1. The van der Waals surface area contributed by atoms with Crippen LogP contribution in [0.15, 0.2) is 22.6 Å². The Morgan fingerprint density at radius 1 is 1.32 bits per heavy atom. The second kappa shape index (κ2) is 5.98. The molecule has 9 heteroatoms. The molecule has 0 aliphatic carbocycles. The number of para-hydroxylation sites is 1. The van der Waals surface area contributed by atoms with Crippen LogP contribution in [0.1, 0.15) is 10.4 Å². The standard InChI is InChI=1S/C10H9NO7S/c1-16-8-5-3-4-7(10(13)17-2)9(8)18-19(14,15)11-6-12/h3-5H,1-2H3. The molecule has 19 heavy (non-hydrogen) atoms. The summed E-state index contributed by atoms with van der Waals surface area (Å²) in [4.78, 5) is 21.5. The summed E-state index contributed by atoms with van der Waals surface area (Å²) in [5.41, 5.74) is -0.188. The van der Waals surface area contributed by atoms with Gasteiger partial charge >= 0.3 is 16.3 Å². The summed E-state index contributed by atoms with van der Waals surface area (Å²) in [6, 6.07) is 4.07. The molecule has 0 unspecified atom stereocenters. The Morgan fingerprint density at radius 3 is 2.53 bits per heavy atom. The predicted octanol–water partition coefficient (Wildman–Crippen LogP) is 0.441. The molecule has 0 fully saturated rings. The second-order valence-corrected chi connectivity index (χ2v) is 4.23. The summed E-state index contributed by atoms with van der Waals surface area (Å²) >= 11 is 0. The monoisotopic (exact) mass is 287 g/mol. The predicted molar refractivity (Wildman–Crippen MR) is 62.0 cm³/mol. The van der Waals surface area contributed by atoms with Gasteiger partial charge in [-0.05, 0) is 16.5 Å². The fourth-order valence-corrected chi connectivity index (χ4v) is 1.71. The lowest BCUT2D eigenvalue weighted by Crippen LogP contribution is -2.11. The Morgan fingerprint density at radius 2 is 2.00 bits per heavy atom. The van der Waals surface area contributed by atoms with Gasteiger partial charge in [0.25, 0.3) is 6.08 Å². The molecule has 0 spiro atoms. The van der Waals surface area contributed by atoms with Gasteiger partial charge in [-0.3, -0.25) is 0 Å². The number of rotatable bonds is 5. The van der Waals surface area contributed by atoms with Crippen molar-refractivity contribution >= 4 is 22.4 Å². The maximum absolute atomic E-state index is 11.5. The van der Waals surface area contributed by atoms with E-state index in [0.717, 1.165) is 13.2 Å². The Labute approximate surface area is 108 Å². The Bertz CT molecular complexity index is 631. The van der Waals surface area contributed by atoms with E-state index in [1.807, 2.05) is 0 Å². The molecule has 102 valence electrons. The first kappa shape index (κ1) is 14.7. The number of nitrogens with zero attached hydrogens (tertiary/aromatic N) is 1. The highest BCUT2D eigenvalue weighted by Crippen LogP contribution is 2.32. The number of hydrogen-bond donors (Lipinski definition) is 0. The van der Waals surface area contributed by atoms with E-state index in [9.17, 15) is 18.0 Å². The quantitative estimate of drug-likeness (QED) is 0.439. The molecule has 0 atom stereocenters. The van der Waals surface area contributed by atoms with E-state index in [-0.39, 0.29) is 11.3 Å². The summed E-state index contributed by atoms with van der Waals surface area (Å²) in [6.45, 7) is 0. The van der Waals surface area contributed by atoms with Crippen molar-refractivity contribution in [3.05, 3.63) is 23.8 Å². The number of carbonyl (C=O) groups is 1. The van der Waals surface area contributed by atoms with Crippen LogP contribution in [0.4, 0.5) is 0 Å². The van der Waals surface area contributed by atoms with Crippen molar-refractivity contribution in [2.75, 3.05) is 14.2 Å². The highest BCUT2D eigenvalue weighted by atomic mass is 32.2. The van der Waals surface area contributed by atoms with Crippen LogP contribution in [-0.4, -0.2) is 34.7 Å². The van der Waals surface area contributed by atoms with Crippen LogP contribution < -0.4 is 8.92 Å². The van der Waals surface area contributed by atoms with E-state index in [2.05, 4.69) is 13.3 Å². The second-order valence-electron chi connectivity index (χ2n) is 3.02. The van der Waals surface area contributed by atoms with Crippen LogP contribution in [0, 0.1) is 0 Å². The molecule has 0 saturated carbocycles. The van der Waals surface area contributed by atoms with Crippen LogP contribution in [0.2, 0.25) is 0 Å². The lowest BCUT2D eigenvalue weighted by molar-refractivity contribution is 0.0598.